The van der Waals surface area contributed by atoms with Crippen molar-refractivity contribution in [3.05, 3.63) is 35.5 Å². The molecule has 0 saturated carbocycles. The van der Waals surface area contributed by atoms with Crippen LogP contribution in [0.15, 0.2) is 24.4 Å². The number of thioether (sulfide) groups is 1. The number of aromatic amines is 1. The Bertz CT molecular complexity index is 870. The van der Waals surface area contributed by atoms with Gasteiger partial charge < -0.3 is 4.98 Å². The van der Waals surface area contributed by atoms with Gasteiger partial charge in [-0.2, -0.15) is 20.2 Å². The molecule has 0 bridgehead atoms. The van der Waals surface area contributed by atoms with Crippen molar-refractivity contribution in [3.8, 4) is 0 Å². The summed E-state index contributed by atoms with van der Waals surface area (Å²) in [6, 6.07) is 7.58. The number of hydrogen-bond donors (Lipinski definition) is 2. The zero-order chi connectivity index (χ0) is 19.6. The summed E-state index contributed by atoms with van der Waals surface area (Å²) < 4.78 is 25.9. The monoisotopic (exact) mass is 410 g/mol. The van der Waals surface area contributed by atoms with Gasteiger partial charge in [0, 0.05) is 35.6 Å². The lowest BCUT2D eigenvalue weighted by molar-refractivity contribution is 0.0926. The van der Waals surface area contributed by atoms with Crippen molar-refractivity contribution < 1.29 is 13.0 Å². The van der Waals surface area contributed by atoms with E-state index in [2.05, 4.69) is 47.5 Å². The van der Waals surface area contributed by atoms with Crippen LogP contribution in [-0.4, -0.2) is 60.3 Å². The molecule has 4 rings (SSSR count). The van der Waals surface area contributed by atoms with E-state index in [4.69, 9.17) is 4.55 Å². The van der Waals surface area contributed by atoms with E-state index in [1.165, 1.54) is 54.6 Å². The van der Waals surface area contributed by atoms with Crippen LogP contribution in [0.5, 0.6) is 0 Å². The molecule has 1 saturated heterocycles. The number of fused-ring (bicyclic) bond motifs is 2. The molecule has 3 atom stereocenters. The molecule has 1 aromatic heterocycles. The fourth-order valence-electron chi connectivity index (χ4n) is 4.80. The molecule has 2 heterocycles. The molecule has 1 aliphatic heterocycles. The molecule has 7 heteroatoms. The van der Waals surface area contributed by atoms with E-state index in [1.54, 1.807) is 5.56 Å². The second kappa shape index (κ2) is 8.55. The highest BCUT2D eigenvalue weighted by Crippen LogP contribution is 2.45. The minimum Gasteiger partial charge on any atom is -0.361 e. The van der Waals surface area contributed by atoms with Crippen molar-refractivity contribution in [2.75, 3.05) is 31.4 Å². The minimum absolute atomic E-state index is 0.715. The molecule has 1 aromatic carbocycles. The van der Waals surface area contributed by atoms with E-state index in [0.717, 1.165) is 11.8 Å². The Balaban J connectivity index is 0.000000376. The molecule has 1 aliphatic carbocycles. The third-order valence-electron chi connectivity index (χ3n) is 5.57. The second-order valence-corrected chi connectivity index (χ2v) is 10.1. The number of nitrogens with zero attached hydrogens (tertiary/aromatic N) is 1. The summed E-state index contributed by atoms with van der Waals surface area (Å²) in [6.07, 6.45) is 9.08. The third-order valence-corrected chi connectivity index (χ3v) is 6.38. The average Bonchev–Trinajstić information content (AvgIpc) is 3.00. The van der Waals surface area contributed by atoms with Gasteiger partial charge in [-0.3, -0.25) is 9.45 Å². The first kappa shape index (κ1) is 20.7. The largest absolute Gasteiger partial charge is 0.361 e. The van der Waals surface area contributed by atoms with Crippen LogP contribution < -0.4 is 0 Å². The van der Waals surface area contributed by atoms with Crippen LogP contribution in [0.1, 0.15) is 36.8 Å². The van der Waals surface area contributed by atoms with Gasteiger partial charge in [-0.15, -0.1) is 0 Å². The lowest BCUT2D eigenvalue weighted by Gasteiger charge is -2.47. The zero-order valence-electron chi connectivity index (χ0n) is 16.3. The molecule has 2 aliphatic rings. The maximum Gasteiger partial charge on any atom is 0.261 e. The maximum atomic E-state index is 9.19. The van der Waals surface area contributed by atoms with Crippen LogP contribution in [0.4, 0.5) is 0 Å². The molecule has 150 valence electrons. The number of hydrogen-bond acceptors (Lipinski definition) is 4. The molecule has 1 fully saturated rings. The molecule has 2 N–H and O–H groups in total. The van der Waals surface area contributed by atoms with Crippen molar-refractivity contribution in [2.24, 2.45) is 5.92 Å². The Kier molecular flexibility index (Phi) is 6.56. The van der Waals surface area contributed by atoms with Gasteiger partial charge in [0.15, 0.2) is 0 Å². The van der Waals surface area contributed by atoms with Gasteiger partial charge in [0.2, 0.25) is 0 Å². The lowest BCUT2D eigenvalue weighted by Crippen LogP contribution is -2.50. The SMILES string of the molecule is CCCN1C[C@H](CSC)C[C@@H]2c3cccc4[nH]cc(c34)CC21.CS(=O)(=O)O. The smallest absolute Gasteiger partial charge is 0.261 e. The summed E-state index contributed by atoms with van der Waals surface area (Å²) in [6.45, 7) is 4.87. The Labute approximate surface area is 166 Å². The number of rotatable bonds is 4. The van der Waals surface area contributed by atoms with E-state index in [0.29, 0.717) is 12.3 Å². The predicted octanol–water partition coefficient (Wildman–Crippen LogP) is 3.78. The predicted molar refractivity (Wildman–Crippen MR) is 114 cm³/mol. The number of benzene rings is 1. The van der Waals surface area contributed by atoms with Gasteiger partial charge >= 0.3 is 0 Å². The van der Waals surface area contributed by atoms with Crippen molar-refractivity contribution in [3.63, 3.8) is 0 Å². The van der Waals surface area contributed by atoms with Gasteiger partial charge in [0.1, 0.15) is 0 Å². The Morgan fingerprint density at radius 2 is 2.11 bits per heavy atom. The molecule has 2 aromatic rings. The van der Waals surface area contributed by atoms with Crippen molar-refractivity contribution in [1.29, 1.82) is 0 Å². The Morgan fingerprint density at radius 3 is 2.78 bits per heavy atom. The summed E-state index contributed by atoms with van der Waals surface area (Å²) in [5.41, 5.74) is 4.48. The van der Waals surface area contributed by atoms with E-state index < -0.39 is 10.1 Å². The van der Waals surface area contributed by atoms with Crippen LogP contribution in [-0.2, 0) is 16.5 Å². The van der Waals surface area contributed by atoms with E-state index in [1.807, 2.05) is 11.8 Å². The molecule has 0 radical (unpaired) electrons. The standard InChI is InChI=1S/C19H26N2S.CH4O3S/c1-3-7-21-11-13(12-22-2)8-16-15-5-4-6-17-19(15)14(10-20-17)9-18(16)21;1-5(2,3)4/h4-6,10,13,16,18,20H,3,7-9,11-12H2,1-2H3;1H3,(H,2,3,4)/t13-,16-,18?;/m1./s1. The second-order valence-electron chi connectivity index (χ2n) is 7.75. The van der Waals surface area contributed by atoms with Gasteiger partial charge in [-0.05, 0) is 60.9 Å². The summed E-state index contributed by atoms with van der Waals surface area (Å²) in [5, 5.41) is 1.53. The van der Waals surface area contributed by atoms with Crippen LogP contribution >= 0.6 is 11.8 Å². The number of piperidine rings is 1. The van der Waals surface area contributed by atoms with Gasteiger partial charge in [0.05, 0.1) is 6.26 Å². The fourth-order valence-corrected chi connectivity index (χ4v) is 5.51. The minimum atomic E-state index is -3.67. The topological polar surface area (TPSA) is 73.4 Å². The van der Waals surface area contributed by atoms with Crippen LogP contribution in [0.3, 0.4) is 0 Å². The molecule has 0 amide bonds. The highest BCUT2D eigenvalue weighted by molar-refractivity contribution is 7.98. The summed E-state index contributed by atoms with van der Waals surface area (Å²) in [4.78, 5) is 6.29. The summed E-state index contributed by atoms with van der Waals surface area (Å²) >= 11 is 2.01. The van der Waals surface area contributed by atoms with Crippen molar-refractivity contribution >= 4 is 32.8 Å². The van der Waals surface area contributed by atoms with Gasteiger partial charge in [-0.25, -0.2) is 0 Å². The molecule has 0 spiro atoms. The first-order valence-electron chi connectivity index (χ1n) is 9.56. The third kappa shape index (κ3) is 4.88. The van der Waals surface area contributed by atoms with E-state index >= 15 is 0 Å². The molecule has 5 nitrogen and oxygen atoms in total. The molecule has 1 unspecified atom stereocenters. The summed E-state index contributed by atoms with van der Waals surface area (Å²) in [5.74, 6) is 2.88. The molecular weight excluding hydrogens is 380 g/mol. The number of H-pyrrole nitrogens is 1. The van der Waals surface area contributed by atoms with Gasteiger partial charge in [0.25, 0.3) is 10.1 Å². The van der Waals surface area contributed by atoms with Crippen LogP contribution in [0, 0.1) is 5.92 Å². The molecular formula is C20H30N2O3S2. The molecule has 27 heavy (non-hydrogen) atoms. The zero-order valence-corrected chi connectivity index (χ0v) is 17.9. The highest BCUT2D eigenvalue weighted by Gasteiger charge is 2.40. The van der Waals surface area contributed by atoms with E-state index in [-0.39, 0.29) is 0 Å². The summed E-state index contributed by atoms with van der Waals surface area (Å²) in [7, 11) is -3.67. The Morgan fingerprint density at radius 1 is 1.37 bits per heavy atom. The average molecular weight is 411 g/mol. The first-order valence-corrected chi connectivity index (χ1v) is 12.8. The van der Waals surface area contributed by atoms with Gasteiger partial charge in [-0.1, -0.05) is 19.1 Å². The lowest BCUT2D eigenvalue weighted by atomic mass is 9.72. The fraction of sp³-hybridized carbons (Fsp3) is 0.600. The van der Waals surface area contributed by atoms with Crippen LogP contribution in [0.25, 0.3) is 10.9 Å². The first-order chi connectivity index (χ1) is 12.8. The quantitative estimate of drug-likeness (QED) is 0.751. The highest BCUT2D eigenvalue weighted by atomic mass is 32.2. The van der Waals surface area contributed by atoms with E-state index in [9.17, 15) is 8.42 Å². The van der Waals surface area contributed by atoms with Crippen molar-refractivity contribution in [1.82, 2.24) is 9.88 Å². The van der Waals surface area contributed by atoms with Crippen LogP contribution in [0.2, 0.25) is 0 Å². The maximum absolute atomic E-state index is 9.19. The number of likely N-dealkylation sites (tertiary alicyclic amines) is 1. The Hall–Kier alpha value is -1.02. The number of aromatic nitrogens is 1. The normalized spacial score (nSPS) is 25.0. The number of nitrogens with one attached hydrogen (secondary N) is 1. The van der Waals surface area contributed by atoms with Crippen molar-refractivity contribution in [2.45, 2.75) is 38.1 Å².